The molecule has 0 heterocycles. The summed E-state index contributed by atoms with van der Waals surface area (Å²) < 4.78 is 18.4. The first-order valence-corrected chi connectivity index (χ1v) is 6.87. The second kappa shape index (κ2) is 7.04. The second-order valence-electron chi connectivity index (χ2n) is 4.53. The summed E-state index contributed by atoms with van der Waals surface area (Å²) >= 11 is 5.81. The van der Waals surface area contributed by atoms with Crippen molar-refractivity contribution in [2.75, 3.05) is 5.32 Å². The number of ether oxygens (including phenoxy) is 1. The van der Waals surface area contributed by atoms with Gasteiger partial charge in [-0.15, -0.1) is 0 Å². The topological polar surface area (TPSA) is 55.4 Å². The number of esters is 1. The number of hydrogen-bond acceptors (Lipinski definition) is 3. The van der Waals surface area contributed by atoms with E-state index in [-0.39, 0.29) is 5.56 Å². The Labute approximate surface area is 131 Å². The minimum Gasteiger partial charge on any atom is -0.449 e. The van der Waals surface area contributed by atoms with Gasteiger partial charge in [-0.2, -0.15) is 0 Å². The van der Waals surface area contributed by atoms with Crippen molar-refractivity contribution in [3.63, 3.8) is 0 Å². The maximum absolute atomic E-state index is 13.5. The molecule has 1 amide bonds. The van der Waals surface area contributed by atoms with Crippen molar-refractivity contribution in [1.82, 2.24) is 0 Å². The van der Waals surface area contributed by atoms with Crippen LogP contribution in [0.25, 0.3) is 0 Å². The molecule has 1 N–H and O–H groups in total. The Hall–Kier alpha value is -2.40. The van der Waals surface area contributed by atoms with E-state index in [2.05, 4.69) is 5.32 Å². The highest BCUT2D eigenvalue weighted by molar-refractivity contribution is 6.30. The minimum atomic E-state index is -1.08. The second-order valence-corrected chi connectivity index (χ2v) is 4.96. The van der Waals surface area contributed by atoms with Crippen molar-refractivity contribution in [2.24, 2.45) is 0 Å². The highest BCUT2D eigenvalue weighted by atomic mass is 35.5. The standard InChI is InChI=1S/C16H13ClFNO3/c1-10(15(20)19-12-6-4-5-11(17)9-12)22-16(21)13-7-2-3-8-14(13)18/h2-10H,1H3,(H,19,20)/t10-/m0/s1. The summed E-state index contributed by atoms with van der Waals surface area (Å²) in [7, 11) is 0. The van der Waals surface area contributed by atoms with Crippen LogP contribution in [0.4, 0.5) is 10.1 Å². The smallest absolute Gasteiger partial charge is 0.341 e. The maximum atomic E-state index is 13.5. The fourth-order valence-electron chi connectivity index (χ4n) is 1.71. The fourth-order valence-corrected chi connectivity index (χ4v) is 1.90. The third-order valence-electron chi connectivity index (χ3n) is 2.84. The molecule has 2 aromatic rings. The molecule has 4 nitrogen and oxygen atoms in total. The largest absolute Gasteiger partial charge is 0.449 e. The van der Waals surface area contributed by atoms with Gasteiger partial charge >= 0.3 is 5.97 Å². The molecule has 1 atom stereocenters. The van der Waals surface area contributed by atoms with Crippen LogP contribution in [0.15, 0.2) is 48.5 Å². The lowest BCUT2D eigenvalue weighted by Crippen LogP contribution is -2.30. The molecule has 2 aromatic carbocycles. The van der Waals surface area contributed by atoms with Crippen molar-refractivity contribution in [3.05, 3.63) is 64.9 Å². The van der Waals surface area contributed by atoms with Crippen molar-refractivity contribution in [3.8, 4) is 0 Å². The summed E-state index contributed by atoms with van der Waals surface area (Å²) in [6.07, 6.45) is -1.08. The van der Waals surface area contributed by atoms with Gasteiger partial charge in [0, 0.05) is 10.7 Å². The van der Waals surface area contributed by atoms with Crippen LogP contribution in [0.5, 0.6) is 0 Å². The van der Waals surface area contributed by atoms with Crippen LogP contribution < -0.4 is 5.32 Å². The Balaban J connectivity index is 1.99. The molecule has 0 aliphatic rings. The molecule has 0 unspecified atom stereocenters. The number of nitrogens with one attached hydrogen (secondary N) is 1. The van der Waals surface area contributed by atoms with E-state index < -0.39 is 23.8 Å². The van der Waals surface area contributed by atoms with Gasteiger partial charge in [0.05, 0.1) is 5.56 Å². The SMILES string of the molecule is C[C@H](OC(=O)c1ccccc1F)C(=O)Nc1cccc(Cl)c1. The van der Waals surface area contributed by atoms with Gasteiger partial charge in [0.1, 0.15) is 5.82 Å². The molecular weight excluding hydrogens is 309 g/mol. The number of carbonyl (C=O) groups is 2. The fraction of sp³-hybridized carbons (Fsp3) is 0.125. The Bertz CT molecular complexity index is 705. The molecule has 0 aliphatic heterocycles. The molecule has 0 radical (unpaired) electrons. The molecule has 0 spiro atoms. The number of benzene rings is 2. The zero-order valence-corrected chi connectivity index (χ0v) is 12.4. The number of halogens is 2. The lowest BCUT2D eigenvalue weighted by atomic mass is 10.2. The van der Waals surface area contributed by atoms with Crippen molar-refractivity contribution < 1.29 is 18.7 Å². The van der Waals surface area contributed by atoms with Crippen LogP contribution in [-0.2, 0) is 9.53 Å². The molecule has 0 fully saturated rings. The molecule has 0 saturated carbocycles. The lowest BCUT2D eigenvalue weighted by Gasteiger charge is -2.14. The zero-order valence-electron chi connectivity index (χ0n) is 11.7. The number of hydrogen-bond donors (Lipinski definition) is 1. The molecule has 22 heavy (non-hydrogen) atoms. The third-order valence-corrected chi connectivity index (χ3v) is 3.07. The Kier molecular flexibility index (Phi) is 5.12. The first-order chi connectivity index (χ1) is 10.5. The van der Waals surface area contributed by atoms with Crippen LogP contribution in [0.3, 0.4) is 0 Å². The maximum Gasteiger partial charge on any atom is 0.341 e. The number of rotatable bonds is 4. The molecule has 6 heteroatoms. The lowest BCUT2D eigenvalue weighted by molar-refractivity contribution is -0.123. The molecule has 0 saturated heterocycles. The van der Waals surface area contributed by atoms with E-state index in [0.717, 1.165) is 6.07 Å². The minimum absolute atomic E-state index is 0.218. The summed E-state index contributed by atoms with van der Waals surface area (Å²) in [4.78, 5) is 23.8. The van der Waals surface area contributed by atoms with Crippen molar-refractivity contribution in [1.29, 1.82) is 0 Å². The zero-order chi connectivity index (χ0) is 16.1. The average Bonchev–Trinajstić information content (AvgIpc) is 2.47. The van der Waals surface area contributed by atoms with E-state index in [0.29, 0.717) is 10.7 Å². The van der Waals surface area contributed by atoms with Gasteiger partial charge in [0.25, 0.3) is 5.91 Å². The first kappa shape index (κ1) is 16.0. The quantitative estimate of drug-likeness (QED) is 0.874. The molecule has 2 rings (SSSR count). The first-order valence-electron chi connectivity index (χ1n) is 6.49. The van der Waals surface area contributed by atoms with Crippen LogP contribution in [0.1, 0.15) is 17.3 Å². The van der Waals surface area contributed by atoms with Gasteiger partial charge in [-0.3, -0.25) is 4.79 Å². The number of amides is 1. The Morgan fingerprint density at radius 1 is 1.18 bits per heavy atom. The number of carbonyl (C=O) groups excluding carboxylic acids is 2. The van der Waals surface area contributed by atoms with Gasteiger partial charge in [0.15, 0.2) is 6.10 Å². The molecule has 0 bridgehead atoms. The molecular formula is C16H13ClFNO3. The monoisotopic (exact) mass is 321 g/mol. The normalized spacial score (nSPS) is 11.6. The summed E-state index contributed by atoms with van der Waals surface area (Å²) in [5.74, 6) is -2.13. The predicted molar refractivity (Wildman–Crippen MR) is 81.4 cm³/mol. The summed E-state index contributed by atoms with van der Waals surface area (Å²) in [6, 6.07) is 12.0. The summed E-state index contributed by atoms with van der Waals surface area (Å²) in [5, 5.41) is 3.03. The van der Waals surface area contributed by atoms with E-state index in [4.69, 9.17) is 16.3 Å². The van der Waals surface area contributed by atoms with Gasteiger partial charge in [0.2, 0.25) is 0 Å². The molecule has 0 aliphatic carbocycles. The third kappa shape index (κ3) is 4.05. The van der Waals surface area contributed by atoms with Gasteiger partial charge in [-0.25, -0.2) is 9.18 Å². The van der Waals surface area contributed by atoms with Gasteiger partial charge in [-0.05, 0) is 37.3 Å². The highest BCUT2D eigenvalue weighted by Crippen LogP contribution is 2.16. The van der Waals surface area contributed by atoms with E-state index in [1.165, 1.54) is 25.1 Å². The average molecular weight is 322 g/mol. The number of anilines is 1. The van der Waals surface area contributed by atoms with E-state index in [9.17, 15) is 14.0 Å². The van der Waals surface area contributed by atoms with Gasteiger partial charge in [-0.1, -0.05) is 29.8 Å². The van der Waals surface area contributed by atoms with Crippen LogP contribution in [0, 0.1) is 5.82 Å². The van der Waals surface area contributed by atoms with E-state index >= 15 is 0 Å². The van der Waals surface area contributed by atoms with Crippen molar-refractivity contribution >= 4 is 29.2 Å². The van der Waals surface area contributed by atoms with E-state index in [1.807, 2.05) is 0 Å². The van der Waals surface area contributed by atoms with Crippen LogP contribution in [-0.4, -0.2) is 18.0 Å². The molecule has 114 valence electrons. The molecule has 0 aromatic heterocycles. The van der Waals surface area contributed by atoms with Gasteiger partial charge < -0.3 is 10.1 Å². The Morgan fingerprint density at radius 3 is 2.59 bits per heavy atom. The summed E-state index contributed by atoms with van der Waals surface area (Å²) in [5.41, 5.74) is 0.260. The van der Waals surface area contributed by atoms with Crippen LogP contribution >= 0.6 is 11.6 Å². The summed E-state index contributed by atoms with van der Waals surface area (Å²) in [6.45, 7) is 1.40. The predicted octanol–water partition coefficient (Wildman–Crippen LogP) is 3.66. The highest BCUT2D eigenvalue weighted by Gasteiger charge is 2.20. The Morgan fingerprint density at radius 2 is 1.91 bits per heavy atom. The van der Waals surface area contributed by atoms with Crippen LogP contribution in [0.2, 0.25) is 5.02 Å². The van der Waals surface area contributed by atoms with Crippen molar-refractivity contribution in [2.45, 2.75) is 13.0 Å². The van der Waals surface area contributed by atoms with E-state index in [1.54, 1.807) is 24.3 Å².